The Morgan fingerprint density at radius 2 is 1.77 bits per heavy atom. The number of amides is 1. The number of nitrogens with zero attached hydrogens (tertiary/aromatic N) is 2. The number of nitrogens with one attached hydrogen (secondary N) is 2. The highest BCUT2D eigenvalue weighted by Gasteiger charge is 2.24. The molecule has 0 atom stereocenters. The number of hydrogen-bond donors (Lipinski definition) is 2. The van der Waals surface area contributed by atoms with E-state index in [-0.39, 0.29) is 26.6 Å². The maximum absolute atomic E-state index is 12.7. The fourth-order valence-corrected chi connectivity index (χ4v) is 5.09. The molecule has 2 aromatic heterocycles. The first kappa shape index (κ1) is 22.6. The number of pyridine rings is 1. The summed E-state index contributed by atoms with van der Waals surface area (Å²) in [6.45, 7) is 0. The molecule has 35 heavy (non-hydrogen) atoms. The predicted molar refractivity (Wildman–Crippen MR) is 135 cm³/mol. The average Bonchev–Trinajstić information content (AvgIpc) is 3.20. The van der Waals surface area contributed by atoms with E-state index in [9.17, 15) is 18.0 Å². The summed E-state index contributed by atoms with van der Waals surface area (Å²) in [6, 6.07) is 17.6. The number of thioether (sulfide) groups is 1. The largest absolute Gasteiger partial charge is 0.463 e. The lowest BCUT2D eigenvalue weighted by Gasteiger charge is -2.07. The van der Waals surface area contributed by atoms with E-state index < -0.39 is 15.9 Å². The van der Waals surface area contributed by atoms with Gasteiger partial charge in [0.2, 0.25) is 0 Å². The van der Waals surface area contributed by atoms with E-state index in [1.807, 2.05) is 0 Å². The molecule has 4 aromatic rings. The van der Waals surface area contributed by atoms with Crippen molar-refractivity contribution >= 4 is 61.4 Å². The number of carbonyl (C=O) groups excluding carboxylic acids is 1. The van der Waals surface area contributed by atoms with E-state index >= 15 is 0 Å². The smallest absolute Gasteiger partial charge is 0.264 e. The zero-order valence-electron chi connectivity index (χ0n) is 17.8. The summed E-state index contributed by atoms with van der Waals surface area (Å²) in [7, 11) is -3.81. The average molecular weight is 505 g/mol. The van der Waals surface area contributed by atoms with Gasteiger partial charge in [0.05, 0.1) is 26.4 Å². The van der Waals surface area contributed by atoms with Crippen LogP contribution in [0.25, 0.3) is 17.0 Å². The third-order valence-corrected chi connectivity index (χ3v) is 7.21. The molecule has 11 heteroatoms. The van der Waals surface area contributed by atoms with Crippen LogP contribution < -0.4 is 15.5 Å². The molecule has 5 rings (SSSR count). The molecule has 2 aromatic carbocycles. The second-order valence-corrected chi connectivity index (χ2v) is 10.0. The molecule has 1 amide bonds. The zero-order chi connectivity index (χ0) is 24.4. The number of sulfonamides is 1. The van der Waals surface area contributed by atoms with Gasteiger partial charge >= 0.3 is 0 Å². The number of carbonyl (C=O) groups is 1. The lowest BCUT2D eigenvalue weighted by Crippen LogP contribution is -2.19. The van der Waals surface area contributed by atoms with Gasteiger partial charge in [-0.3, -0.25) is 14.3 Å². The van der Waals surface area contributed by atoms with Crippen LogP contribution in [0.15, 0.2) is 103 Å². The number of aromatic nitrogens is 1. The van der Waals surface area contributed by atoms with Gasteiger partial charge in [-0.1, -0.05) is 18.2 Å². The van der Waals surface area contributed by atoms with Crippen molar-refractivity contribution in [3.63, 3.8) is 0 Å². The number of anilines is 1. The van der Waals surface area contributed by atoms with Crippen LogP contribution in [-0.2, 0) is 14.8 Å². The van der Waals surface area contributed by atoms with Crippen LogP contribution >= 0.6 is 11.8 Å². The first-order chi connectivity index (χ1) is 16.9. The Balaban J connectivity index is 1.35. The van der Waals surface area contributed by atoms with E-state index in [1.54, 1.807) is 42.5 Å². The Labute approximate surface area is 203 Å². The van der Waals surface area contributed by atoms with Gasteiger partial charge in [0.1, 0.15) is 17.7 Å². The fourth-order valence-electron chi connectivity index (χ4n) is 3.25. The summed E-state index contributed by atoms with van der Waals surface area (Å²) in [6.07, 6.45) is 4.26. The summed E-state index contributed by atoms with van der Waals surface area (Å²) >= 11 is 1.07. The fraction of sp³-hybridized carbons (Fsp3) is 0. The van der Waals surface area contributed by atoms with E-state index in [4.69, 9.17) is 4.42 Å². The van der Waals surface area contributed by atoms with Crippen molar-refractivity contribution in [2.45, 2.75) is 4.90 Å². The predicted octanol–water partition coefficient (Wildman–Crippen LogP) is 3.88. The monoisotopic (exact) mass is 504 g/mol. The Bertz CT molecular complexity index is 1660. The van der Waals surface area contributed by atoms with Gasteiger partial charge in [0, 0.05) is 6.20 Å². The van der Waals surface area contributed by atoms with Gasteiger partial charge in [0.25, 0.3) is 15.9 Å². The molecule has 1 aliphatic heterocycles. The summed E-state index contributed by atoms with van der Waals surface area (Å²) in [5.41, 5.74) is 0.911. The minimum Gasteiger partial charge on any atom is -0.463 e. The lowest BCUT2D eigenvalue weighted by molar-refractivity contribution is -0.115. The van der Waals surface area contributed by atoms with Crippen LogP contribution in [-0.4, -0.2) is 24.5 Å². The quantitative estimate of drug-likeness (QED) is 0.394. The molecule has 9 nitrogen and oxygen atoms in total. The van der Waals surface area contributed by atoms with Crippen molar-refractivity contribution < 1.29 is 17.6 Å². The molecule has 0 saturated carbocycles. The summed E-state index contributed by atoms with van der Waals surface area (Å²) in [4.78, 5) is 33.7. The topological polar surface area (TPSA) is 131 Å². The number of benzene rings is 2. The van der Waals surface area contributed by atoms with Crippen molar-refractivity contribution in [1.29, 1.82) is 0 Å². The highest BCUT2D eigenvalue weighted by Crippen LogP contribution is 2.28. The molecule has 0 unspecified atom stereocenters. The molecule has 0 radical (unpaired) electrons. The van der Waals surface area contributed by atoms with Crippen molar-refractivity contribution in [1.82, 2.24) is 10.3 Å². The molecule has 2 N–H and O–H groups in total. The maximum atomic E-state index is 12.7. The lowest BCUT2D eigenvalue weighted by atomic mass is 10.1. The van der Waals surface area contributed by atoms with Crippen LogP contribution in [0.2, 0.25) is 0 Å². The number of para-hydroxylation sites is 1. The number of amidine groups is 1. The Morgan fingerprint density at radius 3 is 2.54 bits per heavy atom. The van der Waals surface area contributed by atoms with Gasteiger partial charge in [-0.05, 0) is 66.4 Å². The highest BCUT2D eigenvalue weighted by atomic mass is 32.2. The standard InChI is InChI=1S/C24H16N4O5S2/c29-22-15(14-33-19-6-2-1-5-18(19)22)13-20-23(30)27-24(34-20)26-16-8-10-17(11-9-16)35(31,32)28-21-7-3-4-12-25-21/h1-14H,(H,25,28)(H,26,27,30)/b20-13-. The zero-order valence-corrected chi connectivity index (χ0v) is 19.5. The third kappa shape index (κ3) is 4.86. The molecule has 3 heterocycles. The minimum atomic E-state index is -3.81. The normalized spacial score (nSPS) is 16.1. The molecular formula is C24H16N4O5S2. The van der Waals surface area contributed by atoms with Gasteiger partial charge in [0.15, 0.2) is 10.6 Å². The Kier molecular flexibility index (Phi) is 5.93. The first-order valence-corrected chi connectivity index (χ1v) is 12.5. The minimum absolute atomic E-state index is 0.0406. The van der Waals surface area contributed by atoms with Gasteiger partial charge in [-0.2, -0.15) is 0 Å². The van der Waals surface area contributed by atoms with Crippen molar-refractivity contribution in [2.24, 2.45) is 4.99 Å². The summed E-state index contributed by atoms with van der Waals surface area (Å²) in [5.74, 6) is -0.193. The molecular weight excluding hydrogens is 488 g/mol. The number of rotatable bonds is 5. The van der Waals surface area contributed by atoms with E-state index in [2.05, 4.69) is 20.0 Å². The van der Waals surface area contributed by atoms with Crippen LogP contribution in [0, 0.1) is 0 Å². The van der Waals surface area contributed by atoms with E-state index in [1.165, 1.54) is 42.8 Å². The number of hydrogen-bond acceptors (Lipinski definition) is 8. The molecule has 0 spiro atoms. The molecule has 0 aliphatic carbocycles. The summed E-state index contributed by atoms with van der Waals surface area (Å²) < 4.78 is 33.0. The molecule has 174 valence electrons. The SMILES string of the molecule is O=C1NC(=Nc2ccc(S(=O)(=O)Nc3ccccn3)cc2)S/C1=C\c1coc2ccccc2c1=O. The van der Waals surface area contributed by atoms with Gasteiger partial charge in [-0.25, -0.2) is 18.4 Å². The molecule has 0 bridgehead atoms. The van der Waals surface area contributed by atoms with Crippen molar-refractivity contribution in [3.05, 3.63) is 99.9 Å². The Morgan fingerprint density at radius 1 is 1.00 bits per heavy atom. The van der Waals surface area contributed by atoms with Crippen LogP contribution in [0.5, 0.6) is 0 Å². The first-order valence-electron chi connectivity index (χ1n) is 10.2. The highest BCUT2D eigenvalue weighted by molar-refractivity contribution is 8.18. The second kappa shape index (κ2) is 9.20. The van der Waals surface area contributed by atoms with Crippen LogP contribution in [0.3, 0.4) is 0 Å². The van der Waals surface area contributed by atoms with E-state index in [0.717, 1.165) is 11.8 Å². The van der Waals surface area contributed by atoms with E-state index in [0.29, 0.717) is 21.8 Å². The molecule has 1 saturated heterocycles. The summed E-state index contributed by atoms with van der Waals surface area (Å²) in [5, 5.41) is 3.36. The van der Waals surface area contributed by atoms with Gasteiger partial charge < -0.3 is 9.73 Å². The van der Waals surface area contributed by atoms with Crippen LogP contribution in [0.4, 0.5) is 11.5 Å². The second-order valence-electron chi connectivity index (χ2n) is 7.31. The maximum Gasteiger partial charge on any atom is 0.264 e. The van der Waals surface area contributed by atoms with Crippen molar-refractivity contribution in [3.8, 4) is 0 Å². The van der Waals surface area contributed by atoms with Crippen molar-refractivity contribution in [2.75, 3.05) is 4.72 Å². The number of fused-ring (bicyclic) bond motifs is 1. The molecule has 1 aliphatic rings. The molecule has 1 fully saturated rings. The number of aliphatic imine (C=N–C) groups is 1. The van der Waals surface area contributed by atoms with Gasteiger partial charge in [-0.15, -0.1) is 0 Å². The Hall–Kier alpha value is -4.22. The third-order valence-electron chi connectivity index (χ3n) is 4.93. The van der Waals surface area contributed by atoms with Crippen LogP contribution in [0.1, 0.15) is 5.56 Å².